The van der Waals surface area contributed by atoms with Gasteiger partial charge in [0.2, 0.25) is 5.91 Å². The zero-order valence-corrected chi connectivity index (χ0v) is 11.8. The molecule has 18 heavy (non-hydrogen) atoms. The minimum atomic E-state index is -0.338. The molecule has 100 valence electrons. The fourth-order valence-corrected chi connectivity index (χ4v) is 1.96. The third kappa shape index (κ3) is 5.60. The number of nitrogens with one attached hydrogen (secondary N) is 1. The van der Waals surface area contributed by atoms with E-state index in [2.05, 4.69) is 21.2 Å². The second-order valence-electron chi connectivity index (χ2n) is 4.13. The summed E-state index contributed by atoms with van der Waals surface area (Å²) in [6, 6.07) is 4.43. The molecular formula is C13H18BrFN2O. The molecule has 0 saturated heterocycles. The van der Waals surface area contributed by atoms with Crippen molar-refractivity contribution in [1.29, 1.82) is 0 Å². The van der Waals surface area contributed by atoms with E-state index in [0.29, 0.717) is 23.1 Å². The number of hydrogen-bond acceptors (Lipinski definition) is 2. The zero-order chi connectivity index (χ0) is 13.4. The molecule has 0 heterocycles. The molecule has 5 heteroatoms. The first-order chi connectivity index (χ1) is 8.63. The minimum Gasteiger partial charge on any atom is -0.330 e. The lowest BCUT2D eigenvalue weighted by Gasteiger charge is -2.06. The SMILES string of the molecule is NCCCCCCC(=O)Nc1ccc(F)c(Br)c1. The second kappa shape index (κ2) is 8.21. The van der Waals surface area contributed by atoms with Gasteiger partial charge in [0.25, 0.3) is 0 Å². The van der Waals surface area contributed by atoms with Crippen molar-refractivity contribution in [3.05, 3.63) is 28.5 Å². The first-order valence-corrected chi connectivity index (χ1v) is 6.87. The molecule has 0 fully saturated rings. The summed E-state index contributed by atoms with van der Waals surface area (Å²) in [6.45, 7) is 0.704. The maximum atomic E-state index is 13.0. The van der Waals surface area contributed by atoms with Crippen LogP contribution in [-0.4, -0.2) is 12.5 Å². The van der Waals surface area contributed by atoms with Crippen molar-refractivity contribution in [1.82, 2.24) is 0 Å². The van der Waals surface area contributed by atoms with E-state index >= 15 is 0 Å². The number of hydrogen-bond donors (Lipinski definition) is 2. The number of rotatable bonds is 7. The molecule has 0 radical (unpaired) electrons. The number of amides is 1. The molecule has 1 amide bonds. The Morgan fingerprint density at radius 2 is 2.00 bits per heavy atom. The lowest BCUT2D eigenvalue weighted by molar-refractivity contribution is -0.116. The van der Waals surface area contributed by atoms with Crippen LogP contribution >= 0.6 is 15.9 Å². The van der Waals surface area contributed by atoms with E-state index in [4.69, 9.17) is 5.73 Å². The topological polar surface area (TPSA) is 55.1 Å². The van der Waals surface area contributed by atoms with Crippen LogP contribution in [0, 0.1) is 5.82 Å². The number of nitrogens with two attached hydrogens (primary N) is 1. The van der Waals surface area contributed by atoms with Crippen LogP contribution in [0.25, 0.3) is 0 Å². The number of carbonyl (C=O) groups excluding carboxylic acids is 1. The molecule has 0 bridgehead atoms. The third-order valence-corrected chi connectivity index (χ3v) is 3.17. The van der Waals surface area contributed by atoms with Gasteiger partial charge >= 0.3 is 0 Å². The van der Waals surface area contributed by atoms with E-state index in [1.807, 2.05) is 0 Å². The van der Waals surface area contributed by atoms with Crippen molar-refractivity contribution in [3.63, 3.8) is 0 Å². The Morgan fingerprint density at radius 3 is 2.67 bits per heavy atom. The smallest absolute Gasteiger partial charge is 0.224 e. The molecule has 0 aliphatic rings. The van der Waals surface area contributed by atoms with E-state index in [1.54, 1.807) is 12.1 Å². The lowest BCUT2D eigenvalue weighted by atomic mass is 10.1. The van der Waals surface area contributed by atoms with Crippen LogP contribution in [-0.2, 0) is 4.79 Å². The van der Waals surface area contributed by atoms with Crippen molar-refractivity contribution < 1.29 is 9.18 Å². The molecule has 1 rings (SSSR count). The van der Waals surface area contributed by atoms with E-state index in [0.717, 1.165) is 25.7 Å². The molecule has 3 N–H and O–H groups in total. The monoisotopic (exact) mass is 316 g/mol. The number of carbonyl (C=O) groups is 1. The minimum absolute atomic E-state index is 0.0405. The maximum Gasteiger partial charge on any atom is 0.224 e. The van der Waals surface area contributed by atoms with Crippen molar-refractivity contribution >= 4 is 27.5 Å². The van der Waals surface area contributed by atoms with Gasteiger partial charge in [-0.1, -0.05) is 12.8 Å². The number of benzene rings is 1. The largest absolute Gasteiger partial charge is 0.330 e. The predicted octanol–water partition coefficient (Wildman–Crippen LogP) is 3.44. The summed E-state index contributed by atoms with van der Waals surface area (Å²) in [6.07, 6.45) is 4.42. The Kier molecular flexibility index (Phi) is 6.90. The van der Waals surface area contributed by atoms with Crippen molar-refractivity contribution in [2.75, 3.05) is 11.9 Å². The van der Waals surface area contributed by atoms with Gasteiger partial charge in [-0.2, -0.15) is 0 Å². The van der Waals surface area contributed by atoms with Crippen LogP contribution in [0.3, 0.4) is 0 Å². The molecule has 0 aliphatic carbocycles. The summed E-state index contributed by atoms with van der Waals surface area (Å²) >= 11 is 3.08. The van der Waals surface area contributed by atoms with Gasteiger partial charge in [0.05, 0.1) is 4.47 Å². The third-order valence-electron chi connectivity index (χ3n) is 2.56. The van der Waals surface area contributed by atoms with Gasteiger partial charge in [0, 0.05) is 12.1 Å². The number of anilines is 1. The van der Waals surface area contributed by atoms with Gasteiger partial charge in [0.15, 0.2) is 0 Å². The molecule has 0 unspecified atom stereocenters. The van der Waals surface area contributed by atoms with Gasteiger partial charge in [-0.3, -0.25) is 4.79 Å². The first kappa shape index (κ1) is 15.1. The highest BCUT2D eigenvalue weighted by molar-refractivity contribution is 9.10. The fraction of sp³-hybridized carbons (Fsp3) is 0.462. The fourth-order valence-electron chi connectivity index (χ4n) is 1.58. The summed E-state index contributed by atoms with van der Waals surface area (Å²) in [5, 5.41) is 2.74. The highest BCUT2D eigenvalue weighted by Crippen LogP contribution is 2.20. The standard InChI is InChI=1S/C13H18BrFN2O/c14-11-9-10(6-7-12(11)15)17-13(18)5-3-1-2-4-8-16/h6-7,9H,1-5,8,16H2,(H,17,18). The first-order valence-electron chi connectivity index (χ1n) is 6.08. The summed E-state index contributed by atoms with van der Waals surface area (Å²) in [5.41, 5.74) is 5.99. The predicted molar refractivity (Wildman–Crippen MR) is 74.9 cm³/mol. The van der Waals surface area contributed by atoms with Crippen LogP contribution in [0.2, 0.25) is 0 Å². The van der Waals surface area contributed by atoms with E-state index in [9.17, 15) is 9.18 Å². The highest BCUT2D eigenvalue weighted by Gasteiger charge is 2.04. The molecular weight excluding hydrogens is 299 g/mol. The Hall–Kier alpha value is -0.940. The summed E-state index contributed by atoms with van der Waals surface area (Å²) in [5.74, 6) is -0.379. The maximum absolute atomic E-state index is 13.0. The Bertz CT molecular complexity index is 399. The van der Waals surface area contributed by atoms with Crippen LogP contribution in [0.4, 0.5) is 10.1 Å². The average molecular weight is 317 g/mol. The van der Waals surface area contributed by atoms with Crippen LogP contribution in [0.5, 0.6) is 0 Å². The summed E-state index contributed by atoms with van der Waals surface area (Å²) < 4.78 is 13.3. The molecule has 0 aliphatic heterocycles. The van der Waals surface area contributed by atoms with Gasteiger partial charge < -0.3 is 11.1 Å². The molecule has 0 saturated carbocycles. The zero-order valence-electron chi connectivity index (χ0n) is 10.2. The van der Waals surface area contributed by atoms with Gasteiger partial charge in [0.1, 0.15) is 5.82 Å². The van der Waals surface area contributed by atoms with Crippen LogP contribution < -0.4 is 11.1 Å². The average Bonchev–Trinajstić information content (AvgIpc) is 2.34. The highest BCUT2D eigenvalue weighted by atomic mass is 79.9. The van der Waals surface area contributed by atoms with E-state index < -0.39 is 0 Å². The Labute approximate surface area is 115 Å². The summed E-state index contributed by atoms with van der Waals surface area (Å²) in [4.78, 5) is 11.6. The molecule has 1 aromatic carbocycles. The normalized spacial score (nSPS) is 10.4. The molecule has 0 spiro atoms. The second-order valence-corrected chi connectivity index (χ2v) is 4.98. The van der Waals surface area contributed by atoms with E-state index in [1.165, 1.54) is 6.07 Å². The molecule has 0 aromatic heterocycles. The van der Waals surface area contributed by atoms with Crippen molar-refractivity contribution in [2.45, 2.75) is 32.1 Å². The van der Waals surface area contributed by atoms with Crippen molar-refractivity contribution in [3.8, 4) is 0 Å². The molecule has 1 aromatic rings. The Balaban J connectivity index is 2.29. The quantitative estimate of drug-likeness (QED) is 0.757. The molecule has 0 atom stereocenters. The van der Waals surface area contributed by atoms with Gasteiger partial charge in [-0.25, -0.2) is 4.39 Å². The van der Waals surface area contributed by atoms with Crippen LogP contribution in [0.1, 0.15) is 32.1 Å². The lowest BCUT2D eigenvalue weighted by Crippen LogP contribution is -2.11. The van der Waals surface area contributed by atoms with Crippen LogP contribution in [0.15, 0.2) is 22.7 Å². The van der Waals surface area contributed by atoms with E-state index in [-0.39, 0.29) is 11.7 Å². The van der Waals surface area contributed by atoms with Crippen molar-refractivity contribution in [2.24, 2.45) is 5.73 Å². The van der Waals surface area contributed by atoms with Gasteiger partial charge in [-0.15, -0.1) is 0 Å². The van der Waals surface area contributed by atoms with Gasteiger partial charge in [-0.05, 0) is 53.5 Å². The summed E-state index contributed by atoms with van der Waals surface area (Å²) in [7, 11) is 0. The Morgan fingerprint density at radius 1 is 1.28 bits per heavy atom. The number of unbranched alkanes of at least 4 members (excludes halogenated alkanes) is 3. The molecule has 3 nitrogen and oxygen atoms in total. The number of halogens is 2.